The lowest BCUT2D eigenvalue weighted by Gasteiger charge is -2.33. The first-order chi connectivity index (χ1) is 14.5. The van der Waals surface area contributed by atoms with Crippen molar-refractivity contribution in [3.05, 3.63) is 101 Å². The molecule has 30 heavy (non-hydrogen) atoms. The zero-order valence-corrected chi connectivity index (χ0v) is 17.0. The number of phenols is 1. The minimum Gasteiger partial charge on any atom is -0.504 e. The number of ether oxygens (including phenoxy) is 1. The Balaban J connectivity index is 1.77. The van der Waals surface area contributed by atoms with Gasteiger partial charge in [0.15, 0.2) is 11.5 Å². The minimum atomic E-state index is -0.331. The average molecular weight is 404 g/mol. The molecule has 0 amide bonds. The molecular formula is C25H25FN2O2. The van der Waals surface area contributed by atoms with Crippen LogP contribution in [0.25, 0.3) is 5.70 Å². The van der Waals surface area contributed by atoms with Gasteiger partial charge in [0, 0.05) is 11.3 Å². The highest BCUT2D eigenvalue weighted by Gasteiger charge is 2.26. The van der Waals surface area contributed by atoms with Crippen molar-refractivity contribution in [1.29, 1.82) is 0 Å². The number of hydrogen-bond acceptors (Lipinski definition) is 4. The van der Waals surface area contributed by atoms with Crippen LogP contribution in [0.5, 0.6) is 11.5 Å². The molecule has 2 unspecified atom stereocenters. The van der Waals surface area contributed by atoms with E-state index in [9.17, 15) is 9.50 Å². The van der Waals surface area contributed by atoms with Crippen LogP contribution < -0.4 is 15.4 Å². The molecule has 3 N–H and O–H groups in total. The molecule has 0 fully saturated rings. The Labute approximate surface area is 176 Å². The smallest absolute Gasteiger partial charge is 0.162 e. The van der Waals surface area contributed by atoms with Crippen molar-refractivity contribution in [2.45, 2.75) is 26.1 Å². The summed E-state index contributed by atoms with van der Waals surface area (Å²) in [4.78, 5) is 0. The normalized spacial score (nSPS) is 18.4. The summed E-state index contributed by atoms with van der Waals surface area (Å²) in [5.41, 5.74) is 4.59. The lowest BCUT2D eigenvalue weighted by Crippen LogP contribution is -2.39. The summed E-state index contributed by atoms with van der Waals surface area (Å²) in [6, 6.07) is 19.9. The van der Waals surface area contributed by atoms with Gasteiger partial charge in [-0.25, -0.2) is 4.39 Å². The van der Waals surface area contributed by atoms with E-state index in [1.807, 2.05) is 38.1 Å². The number of aromatic hydroxyl groups is 1. The van der Waals surface area contributed by atoms with Gasteiger partial charge in [-0.3, -0.25) is 5.32 Å². The number of rotatable bonds is 5. The molecule has 0 saturated carbocycles. The Bertz CT molecular complexity index is 1060. The Hall–Kier alpha value is -3.31. The number of benzene rings is 3. The predicted octanol–water partition coefficient (Wildman–Crippen LogP) is 5.21. The van der Waals surface area contributed by atoms with E-state index in [0.29, 0.717) is 17.9 Å². The van der Waals surface area contributed by atoms with Gasteiger partial charge in [-0.15, -0.1) is 0 Å². The second-order valence-electron chi connectivity index (χ2n) is 7.35. The summed E-state index contributed by atoms with van der Waals surface area (Å²) in [5, 5.41) is 17.7. The van der Waals surface area contributed by atoms with Gasteiger partial charge in [0.1, 0.15) is 12.0 Å². The van der Waals surface area contributed by atoms with Crippen LogP contribution in [0.3, 0.4) is 0 Å². The van der Waals surface area contributed by atoms with E-state index in [1.54, 1.807) is 12.1 Å². The molecule has 0 saturated heterocycles. The maximum atomic E-state index is 13.9. The fraction of sp³-hybridized carbons (Fsp3) is 0.200. The third-order valence-corrected chi connectivity index (χ3v) is 5.19. The molecule has 0 spiro atoms. The molecule has 0 radical (unpaired) electrons. The van der Waals surface area contributed by atoms with Crippen molar-refractivity contribution in [3.8, 4) is 11.5 Å². The number of hydrogen-bond donors (Lipinski definition) is 3. The lowest BCUT2D eigenvalue weighted by molar-refractivity contribution is 0.314. The van der Waals surface area contributed by atoms with Gasteiger partial charge >= 0.3 is 0 Å². The van der Waals surface area contributed by atoms with Crippen molar-refractivity contribution in [2.24, 2.45) is 0 Å². The van der Waals surface area contributed by atoms with Crippen molar-refractivity contribution < 1.29 is 14.2 Å². The van der Waals surface area contributed by atoms with Crippen molar-refractivity contribution >= 4 is 5.70 Å². The molecule has 0 bridgehead atoms. The van der Waals surface area contributed by atoms with Gasteiger partial charge in [0.05, 0.1) is 12.6 Å². The summed E-state index contributed by atoms with van der Waals surface area (Å²) in [7, 11) is 0. The fourth-order valence-corrected chi connectivity index (χ4v) is 3.66. The molecule has 0 aromatic heterocycles. The highest BCUT2D eigenvalue weighted by atomic mass is 19.1. The molecule has 1 aliphatic heterocycles. The third kappa shape index (κ3) is 4.16. The number of phenolic OH excluding ortho intramolecular Hbond substituents is 1. The summed E-state index contributed by atoms with van der Waals surface area (Å²) in [6.07, 6.45) is 1.70. The molecule has 3 aromatic carbocycles. The van der Waals surface area contributed by atoms with Gasteiger partial charge < -0.3 is 15.2 Å². The number of aryl methyl sites for hydroxylation is 1. The van der Waals surface area contributed by atoms with E-state index >= 15 is 0 Å². The quantitative estimate of drug-likeness (QED) is 0.546. The maximum Gasteiger partial charge on any atom is 0.162 e. The summed E-state index contributed by atoms with van der Waals surface area (Å²) < 4.78 is 19.4. The van der Waals surface area contributed by atoms with Crippen LogP contribution in [0.1, 0.15) is 41.4 Å². The van der Waals surface area contributed by atoms with Crippen LogP contribution in [0.4, 0.5) is 4.39 Å². The first-order valence-corrected chi connectivity index (χ1v) is 10.1. The van der Waals surface area contributed by atoms with Gasteiger partial charge in [-0.05, 0) is 49.2 Å². The van der Waals surface area contributed by atoms with Crippen LogP contribution >= 0.6 is 0 Å². The molecule has 154 valence electrons. The van der Waals surface area contributed by atoms with E-state index in [2.05, 4.69) is 34.9 Å². The second kappa shape index (κ2) is 8.59. The molecule has 2 atom stereocenters. The zero-order valence-electron chi connectivity index (χ0n) is 17.0. The van der Waals surface area contributed by atoms with E-state index in [-0.39, 0.29) is 23.8 Å². The first-order valence-electron chi connectivity index (χ1n) is 10.1. The Morgan fingerprint density at radius 1 is 1.03 bits per heavy atom. The van der Waals surface area contributed by atoms with Crippen LogP contribution in [-0.4, -0.2) is 11.7 Å². The number of halogens is 1. The molecule has 0 aliphatic carbocycles. The van der Waals surface area contributed by atoms with Crippen LogP contribution in [-0.2, 0) is 0 Å². The van der Waals surface area contributed by atoms with Crippen LogP contribution in [0.15, 0.2) is 72.8 Å². The maximum absolute atomic E-state index is 13.9. The summed E-state index contributed by atoms with van der Waals surface area (Å²) in [6.45, 7) is 4.39. The van der Waals surface area contributed by atoms with Gasteiger partial charge in [-0.1, -0.05) is 54.1 Å². The van der Waals surface area contributed by atoms with E-state index in [4.69, 9.17) is 4.74 Å². The molecule has 1 heterocycles. The van der Waals surface area contributed by atoms with Crippen molar-refractivity contribution in [2.75, 3.05) is 6.61 Å². The molecule has 3 aromatic rings. The number of para-hydroxylation sites is 1. The molecular weight excluding hydrogens is 379 g/mol. The Kier molecular flexibility index (Phi) is 5.72. The van der Waals surface area contributed by atoms with Crippen LogP contribution in [0, 0.1) is 12.7 Å². The average Bonchev–Trinajstić information content (AvgIpc) is 2.75. The number of nitrogens with one attached hydrogen (secondary N) is 2. The van der Waals surface area contributed by atoms with Crippen molar-refractivity contribution in [3.63, 3.8) is 0 Å². The monoisotopic (exact) mass is 404 g/mol. The predicted molar refractivity (Wildman–Crippen MR) is 117 cm³/mol. The van der Waals surface area contributed by atoms with E-state index < -0.39 is 0 Å². The van der Waals surface area contributed by atoms with Crippen molar-refractivity contribution in [1.82, 2.24) is 10.6 Å². The van der Waals surface area contributed by atoms with Gasteiger partial charge in [-0.2, -0.15) is 0 Å². The third-order valence-electron chi connectivity index (χ3n) is 5.19. The highest BCUT2D eigenvalue weighted by Crippen LogP contribution is 2.38. The zero-order chi connectivity index (χ0) is 21.1. The largest absolute Gasteiger partial charge is 0.504 e. The standard InChI is InChI=1S/C25H25FN2O2/c1-3-30-23-9-5-8-20(24(23)29)22-15-21(17-12-10-16(2)11-13-17)27-25(28-22)18-6-4-7-19(26)14-18/h4-15,22,25,27-29H,3H2,1-2H3. The second-order valence-corrected chi connectivity index (χ2v) is 7.35. The molecule has 4 rings (SSSR count). The summed E-state index contributed by atoms with van der Waals surface area (Å²) >= 11 is 0. The molecule has 5 heteroatoms. The summed E-state index contributed by atoms with van der Waals surface area (Å²) in [5.74, 6) is 0.263. The Morgan fingerprint density at radius 3 is 2.53 bits per heavy atom. The topological polar surface area (TPSA) is 53.5 Å². The minimum absolute atomic E-state index is 0.108. The van der Waals surface area contributed by atoms with E-state index in [1.165, 1.54) is 17.7 Å². The fourth-order valence-electron chi connectivity index (χ4n) is 3.66. The van der Waals surface area contributed by atoms with E-state index in [0.717, 1.165) is 16.8 Å². The Morgan fingerprint density at radius 2 is 1.80 bits per heavy atom. The van der Waals surface area contributed by atoms with Gasteiger partial charge in [0.25, 0.3) is 0 Å². The molecule has 4 nitrogen and oxygen atoms in total. The van der Waals surface area contributed by atoms with Gasteiger partial charge in [0.2, 0.25) is 0 Å². The highest BCUT2D eigenvalue weighted by molar-refractivity contribution is 5.67. The van der Waals surface area contributed by atoms with Crippen LogP contribution in [0.2, 0.25) is 0 Å². The lowest BCUT2D eigenvalue weighted by atomic mass is 9.97. The first kappa shape index (κ1) is 20.0. The SMILES string of the molecule is CCOc1cccc(C2C=C(c3ccc(C)cc3)NC(c3cccc(F)c3)N2)c1O. The molecule has 1 aliphatic rings.